The van der Waals surface area contributed by atoms with Gasteiger partial charge >= 0.3 is 12.1 Å². The lowest BCUT2D eigenvalue weighted by Gasteiger charge is -2.31. The molecule has 0 saturated carbocycles. The van der Waals surface area contributed by atoms with Gasteiger partial charge in [0, 0.05) is 11.4 Å². The Kier molecular flexibility index (Phi) is 5.22. The predicted octanol–water partition coefficient (Wildman–Crippen LogP) is 5.17. The van der Waals surface area contributed by atoms with Crippen LogP contribution in [0.5, 0.6) is 0 Å². The number of carboxylic acid groups (broad SMARTS) is 1. The molecule has 2 aromatic rings. The molecule has 134 valence electrons. The number of rotatable bonds is 4. The van der Waals surface area contributed by atoms with Crippen LogP contribution in [0.4, 0.5) is 13.2 Å². The van der Waals surface area contributed by atoms with Gasteiger partial charge in [-0.05, 0) is 58.6 Å². The van der Waals surface area contributed by atoms with Gasteiger partial charge in [0.2, 0.25) is 0 Å². The third kappa shape index (κ3) is 3.91. The van der Waals surface area contributed by atoms with Gasteiger partial charge in [0.25, 0.3) is 0 Å². The van der Waals surface area contributed by atoms with E-state index in [-0.39, 0.29) is 6.04 Å². The highest BCUT2D eigenvalue weighted by Crippen LogP contribution is 2.40. The van der Waals surface area contributed by atoms with Gasteiger partial charge in [0.15, 0.2) is 0 Å². The van der Waals surface area contributed by atoms with Crippen molar-refractivity contribution in [2.24, 2.45) is 0 Å². The highest BCUT2D eigenvalue weighted by Gasteiger charge is 2.38. The molecule has 3 rings (SSSR count). The Bertz CT molecular complexity index is 760. The monoisotopic (exact) mass is 433 g/mol. The number of carboxylic acids is 1. The van der Waals surface area contributed by atoms with Gasteiger partial charge < -0.3 is 5.11 Å². The van der Waals surface area contributed by atoms with E-state index in [9.17, 15) is 23.1 Å². The third-order valence-electron chi connectivity index (χ3n) is 4.33. The van der Waals surface area contributed by atoms with Crippen molar-refractivity contribution < 1.29 is 23.1 Å². The number of hydrogen-bond acceptors (Lipinski definition) is 3. The van der Waals surface area contributed by atoms with Crippen LogP contribution in [0.3, 0.4) is 0 Å². The molecule has 0 bridgehead atoms. The fourth-order valence-corrected chi connectivity index (χ4v) is 4.79. The van der Waals surface area contributed by atoms with Crippen LogP contribution in [0.15, 0.2) is 40.2 Å². The molecule has 1 N–H and O–H groups in total. The first kappa shape index (κ1) is 18.4. The summed E-state index contributed by atoms with van der Waals surface area (Å²) in [6.07, 6.45) is -3.10. The van der Waals surface area contributed by atoms with E-state index in [0.29, 0.717) is 18.5 Å². The van der Waals surface area contributed by atoms with Crippen LogP contribution in [-0.4, -0.2) is 28.6 Å². The standard InChI is InChI=1S/C17H15BrF3NO2S/c18-14-8-7-13(25-14)15(22-9-1-2-12(22)16(23)24)10-3-5-11(6-4-10)17(19,20)21/h3-8,12,15H,1-2,9H2,(H,23,24). The average Bonchev–Trinajstić information content (AvgIpc) is 3.17. The van der Waals surface area contributed by atoms with Crippen LogP contribution in [0, 0.1) is 0 Å². The van der Waals surface area contributed by atoms with E-state index in [4.69, 9.17) is 0 Å². The molecule has 1 aromatic heterocycles. The Labute approximate surface area is 155 Å². The first-order chi connectivity index (χ1) is 11.8. The molecule has 1 aliphatic heterocycles. The fourth-order valence-electron chi connectivity index (χ4n) is 3.21. The number of alkyl halides is 3. The van der Waals surface area contributed by atoms with Crippen LogP contribution in [0.2, 0.25) is 0 Å². The molecule has 25 heavy (non-hydrogen) atoms. The zero-order valence-electron chi connectivity index (χ0n) is 13.0. The maximum atomic E-state index is 12.8. The summed E-state index contributed by atoms with van der Waals surface area (Å²) in [4.78, 5) is 14.3. The lowest BCUT2D eigenvalue weighted by atomic mass is 10.0. The molecule has 2 heterocycles. The van der Waals surface area contributed by atoms with E-state index in [0.717, 1.165) is 27.2 Å². The van der Waals surface area contributed by atoms with Gasteiger partial charge in [-0.2, -0.15) is 13.2 Å². The maximum absolute atomic E-state index is 12.8. The second kappa shape index (κ2) is 7.09. The molecule has 2 atom stereocenters. The topological polar surface area (TPSA) is 40.5 Å². The van der Waals surface area contributed by atoms with Crippen LogP contribution in [-0.2, 0) is 11.0 Å². The van der Waals surface area contributed by atoms with Crippen LogP contribution in [0.1, 0.15) is 34.9 Å². The zero-order valence-corrected chi connectivity index (χ0v) is 15.4. The van der Waals surface area contributed by atoms with Crippen molar-refractivity contribution in [1.82, 2.24) is 4.90 Å². The molecule has 0 amide bonds. The first-order valence-corrected chi connectivity index (χ1v) is 9.29. The van der Waals surface area contributed by atoms with Crippen molar-refractivity contribution in [1.29, 1.82) is 0 Å². The summed E-state index contributed by atoms with van der Waals surface area (Å²) in [6.45, 7) is 0.595. The van der Waals surface area contributed by atoms with E-state index in [1.54, 1.807) is 0 Å². The summed E-state index contributed by atoms with van der Waals surface area (Å²) in [7, 11) is 0. The average molecular weight is 434 g/mol. The summed E-state index contributed by atoms with van der Waals surface area (Å²) in [6, 6.07) is 7.73. The van der Waals surface area contributed by atoms with E-state index in [1.165, 1.54) is 23.5 Å². The lowest BCUT2D eigenvalue weighted by Crippen LogP contribution is -2.39. The van der Waals surface area contributed by atoms with Crippen molar-refractivity contribution >= 4 is 33.2 Å². The number of halogens is 4. The number of benzene rings is 1. The van der Waals surface area contributed by atoms with Gasteiger partial charge in [-0.3, -0.25) is 9.69 Å². The number of carbonyl (C=O) groups is 1. The van der Waals surface area contributed by atoms with Crippen molar-refractivity contribution in [2.45, 2.75) is 31.1 Å². The van der Waals surface area contributed by atoms with Crippen LogP contribution < -0.4 is 0 Å². The highest BCUT2D eigenvalue weighted by molar-refractivity contribution is 9.11. The van der Waals surface area contributed by atoms with E-state index in [1.807, 2.05) is 17.0 Å². The smallest absolute Gasteiger partial charge is 0.416 e. The van der Waals surface area contributed by atoms with Crippen molar-refractivity contribution in [3.63, 3.8) is 0 Å². The third-order valence-corrected chi connectivity index (χ3v) is 6.00. The zero-order chi connectivity index (χ0) is 18.2. The predicted molar refractivity (Wildman–Crippen MR) is 92.7 cm³/mol. The Balaban J connectivity index is 2.01. The number of aliphatic carboxylic acids is 1. The number of hydrogen-bond donors (Lipinski definition) is 1. The minimum Gasteiger partial charge on any atom is -0.480 e. The van der Waals surface area contributed by atoms with Gasteiger partial charge in [-0.15, -0.1) is 11.3 Å². The summed E-state index contributed by atoms with van der Waals surface area (Å²) < 4.78 is 39.4. The lowest BCUT2D eigenvalue weighted by molar-refractivity contribution is -0.142. The molecule has 1 aromatic carbocycles. The maximum Gasteiger partial charge on any atom is 0.416 e. The number of thiophene rings is 1. The summed E-state index contributed by atoms with van der Waals surface area (Å²) in [5.41, 5.74) is -0.0472. The summed E-state index contributed by atoms with van der Waals surface area (Å²) >= 11 is 4.86. The van der Waals surface area contributed by atoms with Crippen molar-refractivity contribution in [2.75, 3.05) is 6.54 Å². The molecule has 0 aliphatic carbocycles. The molecule has 1 saturated heterocycles. The Morgan fingerprint density at radius 1 is 1.24 bits per heavy atom. The van der Waals surface area contributed by atoms with Gasteiger partial charge in [0.1, 0.15) is 6.04 Å². The van der Waals surface area contributed by atoms with E-state index in [2.05, 4.69) is 15.9 Å². The molecule has 1 fully saturated rings. The molecule has 3 nitrogen and oxygen atoms in total. The summed E-state index contributed by atoms with van der Waals surface area (Å²) in [5, 5.41) is 9.49. The largest absolute Gasteiger partial charge is 0.480 e. The van der Waals surface area contributed by atoms with Gasteiger partial charge in [-0.1, -0.05) is 12.1 Å². The summed E-state index contributed by atoms with van der Waals surface area (Å²) in [5.74, 6) is -0.898. The normalized spacial score (nSPS) is 19.9. The van der Waals surface area contributed by atoms with Crippen LogP contribution >= 0.6 is 27.3 Å². The van der Waals surface area contributed by atoms with Gasteiger partial charge in [0.05, 0.1) is 15.4 Å². The minimum atomic E-state index is -4.39. The second-order valence-corrected chi connectivity index (χ2v) is 8.39. The minimum absolute atomic E-state index is 0.373. The van der Waals surface area contributed by atoms with E-state index >= 15 is 0 Å². The Morgan fingerprint density at radius 2 is 1.92 bits per heavy atom. The first-order valence-electron chi connectivity index (χ1n) is 7.68. The Morgan fingerprint density at radius 3 is 2.44 bits per heavy atom. The molecule has 1 aliphatic rings. The fraction of sp³-hybridized carbons (Fsp3) is 0.353. The molecule has 0 radical (unpaired) electrons. The van der Waals surface area contributed by atoms with Gasteiger partial charge in [-0.25, -0.2) is 0 Å². The molecular formula is C17H15BrF3NO2S. The second-order valence-electron chi connectivity index (χ2n) is 5.90. The van der Waals surface area contributed by atoms with Crippen molar-refractivity contribution in [3.8, 4) is 0 Å². The Hall–Kier alpha value is -1.38. The SMILES string of the molecule is O=C(O)C1CCCN1C(c1ccc(C(F)(F)F)cc1)c1ccc(Br)s1. The molecule has 2 unspecified atom stereocenters. The highest BCUT2D eigenvalue weighted by atomic mass is 79.9. The van der Waals surface area contributed by atoms with Crippen LogP contribution in [0.25, 0.3) is 0 Å². The van der Waals surface area contributed by atoms with Crippen molar-refractivity contribution in [3.05, 3.63) is 56.2 Å². The van der Waals surface area contributed by atoms with E-state index < -0.39 is 23.8 Å². The molecule has 0 spiro atoms. The number of nitrogens with zero attached hydrogens (tertiary/aromatic N) is 1. The molecular weight excluding hydrogens is 419 g/mol. The molecule has 8 heteroatoms. The number of likely N-dealkylation sites (tertiary alicyclic amines) is 1. The quantitative estimate of drug-likeness (QED) is 0.722.